The summed E-state index contributed by atoms with van der Waals surface area (Å²) in [7, 11) is 1.39. The van der Waals surface area contributed by atoms with Gasteiger partial charge in [-0.25, -0.2) is 4.39 Å². The van der Waals surface area contributed by atoms with Gasteiger partial charge in [0.1, 0.15) is 11.6 Å². The molecule has 0 aromatic heterocycles. The van der Waals surface area contributed by atoms with Crippen LogP contribution in [0.2, 0.25) is 0 Å². The molecule has 23 heavy (non-hydrogen) atoms. The zero-order valence-electron chi connectivity index (χ0n) is 12.5. The number of hydrogen-bond donors (Lipinski definition) is 0. The molecule has 0 spiro atoms. The van der Waals surface area contributed by atoms with Gasteiger partial charge < -0.3 is 9.47 Å². The van der Waals surface area contributed by atoms with E-state index >= 15 is 0 Å². The second-order valence-electron chi connectivity index (χ2n) is 4.72. The van der Waals surface area contributed by atoms with Crippen LogP contribution in [-0.4, -0.2) is 23.9 Å². The van der Waals surface area contributed by atoms with Crippen molar-refractivity contribution in [1.29, 1.82) is 0 Å². The lowest BCUT2D eigenvalue weighted by molar-refractivity contribution is -0.386. The summed E-state index contributed by atoms with van der Waals surface area (Å²) >= 11 is 0. The maximum absolute atomic E-state index is 12.9. The zero-order valence-corrected chi connectivity index (χ0v) is 12.5. The summed E-state index contributed by atoms with van der Waals surface area (Å²) in [6.07, 6.45) is -0.965. The Balaban J connectivity index is 2.22. The lowest BCUT2D eigenvalue weighted by atomic mass is 10.1. The van der Waals surface area contributed by atoms with E-state index in [4.69, 9.17) is 9.47 Å². The van der Waals surface area contributed by atoms with Gasteiger partial charge in [0.25, 0.3) is 0 Å². The molecule has 0 saturated carbocycles. The van der Waals surface area contributed by atoms with Gasteiger partial charge in [0.15, 0.2) is 11.9 Å². The number of rotatable bonds is 6. The number of benzene rings is 2. The topological polar surface area (TPSA) is 78.7 Å². The third-order valence-electron chi connectivity index (χ3n) is 3.16. The van der Waals surface area contributed by atoms with Crippen molar-refractivity contribution in [2.45, 2.75) is 13.0 Å². The lowest BCUT2D eigenvalue weighted by Crippen LogP contribution is -2.24. The van der Waals surface area contributed by atoms with Crippen LogP contribution in [0, 0.1) is 15.9 Å². The predicted molar refractivity (Wildman–Crippen MR) is 80.5 cm³/mol. The monoisotopic (exact) mass is 319 g/mol. The molecule has 2 aromatic carbocycles. The van der Waals surface area contributed by atoms with E-state index in [1.54, 1.807) is 0 Å². The Morgan fingerprint density at radius 3 is 2.43 bits per heavy atom. The fourth-order valence-electron chi connectivity index (χ4n) is 1.96. The highest BCUT2D eigenvalue weighted by molar-refractivity contribution is 5.99. The van der Waals surface area contributed by atoms with Crippen molar-refractivity contribution in [2.75, 3.05) is 7.11 Å². The van der Waals surface area contributed by atoms with Crippen LogP contribution in [0.1, 0.15) is 17.3 Å². The van der Waals surface area contributed by atoms with Crippen LogP contribution in [0.15, 0.2) is 42.5 Å². The summed E-state index contributed by atoms with van der Waals surface area (Å²) < 4.78 is 23.2. The summed E-state index contributed by atoms with van der Waals surface area (Å²) in [6.45, 7) is 1.47. The van der Waals surface area contributed by atoms with Crippen LogP contribution in [0.3, 0.4) is 0 Å². The van der Waals surface area contributed by atoms with E-state index in [-0.39, 0.29) is 17.0 Å². The highest BCUT2D eigenvalue weighted by Gasteiger charge is 2.22. The van der Waals surface area contributed by atoms with Gasteiger partial charge in [-0.1, -0.05) is 0 Å². The normalized spacial score (nSPS) is 11.6. The molecular formula is C16H14FNO5. The molecule has 0 fully saturated rings. The quantitative estimate of drug-likeness (QED) is 0.463. The molecule has 0 bridgehead atoms. The van der Waals surface area contributed by atoms with Crippen molar-refractivity contribution in [2.24, 2.45) is 0 Å². The molecule has 0 aliphatic carbocycles. The largest absolute Gasteiger partial charge is 0.496 e. The Hall–Kier alpha value is -2.96. The first-order valence-electron chi connectivity index (χ1n) is 6.71. The molecule has 0 N–H and O–H groups in total. The van der Waals surface area contributed by atoms with Crippen molar-refractivity contribution < 1.29 is 23.6 Å². The Kier molecular flexibility index (Phi) is 4.90. The molecule has 0 heterocycles. The Morgan fingerprint density at radius 1 is 1.22 bits per heavy atom. The standard InChI is InChI=1S/C16H14FNO5/c1-10(16(19)11-3-5-12(17)6-4-11)23-15-8-7-13(22-2)9-14(15)18(20)21/h3-10H,1-2H3. The number of carbonyl (C=O) groups excluding carboxylic acids is 1. The Labute approximate surface area is 131 Å². The van der Waals surface area contributed by atoms with E-state index in [0.717, 1.165) is 12.1 Å². The average molecular weight is 319 g/mol. The van der Waals surface area contributed by atoms with Crippen LogP contribution in [0.25, 0.3) is 0 Å². The van der Waals surface area contributed by atoms with Crippen molar-refractivity contribution in [3.05, 3.63) is 64.0 Å². The van der Waals surface area contributed by atoms with E-state index in [0.29, 0.717) is 5.75 Å². The Bertz CT molecular complexity index is 730. The molecule has 0 saturated heterocycles. The summed E-state index contributed by atoms with van der Waals surface area (Å²) in [5.74, 6) is -0.601. The molecule has 0 aliphatic rings. The number of carbonyl (C=O) groups is 1. The molecule has 0 radical (unpaired) electrons. The first-order chi connectivity index (χ1) is 10.9. The number of nitrogens with zero attached hydrogens (tertiary/aromatic N) is 1. The molecule has 1 unspecified atom stereocenters. The minimum absolute atomic E-state index is 0.0428. The summed E-state index contributed by atoms with van der Waals surface area (Å²) in [5.41, 5.74) is -0.0434. The van der Waals surface area contributed by atoms with Crippen LogP contribution in [0.5, 0.6) is 11.5 Å². The Morgan fingerprint density at radius 2 is 1.87 bits per heavy atom. The number of hydrogen-bond acceptors (Lipinski definition) is 5. The van der Waals surface area contributed by atoms with E-state index in [9.17, 15) is 19.3 Å². The third-order valence-corrected chi connectivity index (χ3v) is 3.16. The number of halogens is 1. The first kappa shape index (κ1) is 16.4. The lowest BCUT2D eigenvalue weighted by Gasteiger charge is -2.14. The minimum Gasteiger partial charge on any atom is -0.496 e. The highest BCUT2D eigenvalue weighted by Crippen LogP contribution is 2.32. The zero-order chi connectivity index (χ0) is 17.0. The number of nitro benzene ring substituents is 1. The maximum Gasteiger partial charge on any atom is 0.314 e. The van der Waals surface area contributed by atoms with Crippen LogP contribution >= 0.6 is 0 Å². The van der Waals surface area contributed by atoms with Crippen LogP contribution in [0.4, 0.5) is 10.1 Å². The first-order valence-corrected chi connectivity index (χ1v) is 6.71. The van der Waals surface area contributed by atoms with Gasteiger partial charge in [-0.2, -0.15) is 0 Å². The number of ether oxygens (including phenoxy) is 2. The van der Waals surface area contributed by atoms with Crippen LogP contribution in [-0.2, 0) is 0 Å². The summed E-state index contributed by atoms with van der Waals surface area (Å²) in [6, 6.07) is 9.07. The van der Waals surface area contributed by atoms with Gasteiger partial charge in [-0.3, -0.25) is 14.9 Å². The van der Waals surface area contributed by atoms with Crippen molar-refractivity contribution in [3.63, 3.8) is 0 Å². The van der Waals surface area contributed by atoms with Gasteiger partial charge in [0.2, 0.25) is 5.78 Å². The van der Waals surface area contributed by atoms with Gasteiger partial charge in [0, 0.05) is 5.56 Å². The average Bonchev–Trinajstić information content (AvgIpc) is 2.55. The molecule has 6 nitrogen and oxygen atoms in total. The summed E-state index contributed by atoms with van der Waals surface area (Å²) in [4.78, 5) is 22.7. The van der Waals surface area contributed by atoms with Crippen LogP contribution < -0.4 is 9.47 Å². The van der Waals surface area contributed by atoms with Gasteiger partial charge >= 0.3 is 5.69 Å². The SMILES string of the molecule is COc1ccc(OC(C)C(=O)c2ccc(F)cc2)c([N+](=O)[O-])c1. The van der Waals surface area contributed by atoms with Gasteiger partial charge in [-0.15, -0.1) is 0 Å². The highest BCUT2D eigenvalue weighted by atomic mass is 19.1. The predicted octanol–water partition coefficient (Wildman–Crippen LogP) is 3.39. The molecule has 0 aliphatic heterocycles. The van der Waals surface area contributed by atoms with E-state index in [1.807, 2.05) is 0 Å². The molecule has 2 rings (SSSR count). The molecule has 7 heteroatoms. The number of methoxy groups -OCH3 is 1. The molecule has 0 amide bonds. The van der Waals surface area contributed by atoms with Crippen molar-refractivity contribution >= 4 is 11.5 Å². The minimum atomic E-state index is -0.965. The molecule has 2 aromatic rings. The fraction of sp³-hybridized carbons (Fsp3) is 0.188. The summed E-state index contributed by atoms with van der Waals surface area (Å²) in [5, 5.41) is 11.1. The number of nitro groups is 1. The van der Waals surface area contributed by atoms with Gasteiger partial charge in [0.05, 0.1) is 18.1 Å². The third kappa shape index (κ3) is 3.82. The van der Waals surface area contributed by atoms with Crippen molar-refractivity contribution in [3.8, 4) is 11.5 Å². The van der Waals surface area contributed by atoms with Crippen molar-refractivity contribution in [1.82, 2.24) is 0 Å². The molecular weight excluding hydrogens is 305 g/mol. The van der Waals surface area contributed by atoms with E-state index in [2.05, 4.69) is 0 Å². The number of Topliss-reactive ketones (excluding diaryl/α,β-unsaturated/α-hetero) is 1. The molecule has 1 atom stereocenters. The van der Waals surface area contributed by atoms with E-state index in [1.165, 1.54) is 44.4 Å². The number of ketones is 1. The smallest absolute Gasteiger partial charge is 0.314 e. The second-order valence-corrected chi connectivity index (χ2v) is 4.72. The van der Waals surface area contributed by atoms with E-state index < -0.39 is 22.6 Å². The maximum atomic E-state index is 12.9. The second kappa shape index (κ2) is 6.87. The van der Waals surface area contributed by atoms with Gasteiger partial charge in [-0.05, 0) is 43.3 Å². The fourth-order valence-corrected chi connectivity index (χ4v) is 1.96. The molecule has 120 valence electrons.